The quantitative estimate of drug-likeness (QED) is 0.833. The summed E-state index contributed by atoms with van der Waals surface area (Å²) in [6, 6.07) is 4.08. The third-order valence-corrected chi connectivity index (χ3v) is 2.23. The summed E-state index contributed by atoms with van der Waals surface area (Å²) in [6.45, 7) is 0.283. The Bertz CT molecular complexity index is 326. The largest absolute Gasteiger partial charge is 0.377 e. The summed E-state index contributed by atoms with van der Waals surface area (Å²) in [6.07, 6.45) is -0.875. The van der Waals surface area contributed by atoms with Crippen LogP contribution in [0.3, 0.4) is 0 Å². The Hall–Kier alpha value is -1.16. The first-order chi connectivity index (χ1) is 7.06. The van der Waals surface area contributed by atoms with E-state index >= 15 is 0 Å². The van der Waals surface area contributed by atoms with Crippen LogP contribution in [-0.2, 0) is 0 Å². The topological polar surface area (TPSA) is 29.3 Å². The molecule has 1 aromatic rings. The Kier molecular flexibility index (Phi) is 4.03. The van der Waals surface area contributed by atoms with E-state index in [1.807, 2.05) is 0 Å². The van der Waals surface area contributed by atoms with Crippen molar-refractivity contribution in [2.75, 3.05) is 25.5 Å². The molecule has 0 heterocycles. The van der Waals surface area contributed by atoms with Gasteiger partial charge in [-0.25, -0.2) is 8.78 Å². The molecule has 1 rings (SSSR count). The Morgan fingerprint density at radius 3 is 2.60 bits per heavy atom. The Balaban J connectivity index is 3.05. The molecule has 4 heteroatoms. The van der Waals surface area contributed by atoms with Gasteiger partial charge >= 0.3 is 0 Å². The van der Waals surface area contributed by atoms with Gasteiger partial charge in [-0.05, 0) is 25.1 Å². The molecule has 2 N–H and O–H groups in total. The summed E-state index contributed by atoms with van der Waals surface area (Å²) in [5, 5.41) is 0. The van der Waals surface area contributed by atoms with E-state index in [0.29, 0.717) is 11.3 Å². The number of alkyl halides is 1. The molecule has 0 saturated carbocycles. The highest BCUT2D eigenvalue weighted by molar-refractivity contribution is 5.53. The fourth-order valence-electron chi connectivity index (χ4n) is 1.47. The van der Waals surface area contributed by atoms with Crippen LogP contribution in [0.5, 0.6) is 0 Å². The Morgan fingerprint density at radius 2 is 2.07 bits per heavy atom. The van der Waals surface area contributed by atoms with Gasteiger partial charge in [-0.15, -0.1) is 0 Å². The number of rotatable bonds is 4. The van der Waals surface area contributed by atoms with E-state index in [0.717, 1.165) is 0 Å². The van der Waals surface area contributed by atoms with Crippen molar-refractivity contribution < 1.29 is 8.78 Å². The van der Waals surface area contributed by atoms with E-state index in [1.165, 1.54) is 18.2 Å². The number of hydrogen-bond acceptors (Lipinski definition) is 2. The van der Waals surface area contributed by atoms with Crippen molar-refractivity contribution in [3.8, 4) is 0 Å². The van der Waals surface area contributed by atoms with Crippen LogP contribution < -0.4 is 10.6 Å². The zero-order chi connectivity index (χ0) is 11.4. The molecule has 1 unspecified atom stereocenters. The molecule has 0 saturated heterocycles. The third-order valence-electron chi connectivity index (χ3n) is 2.23. The first-order valence-electron chi connectivity index (χ1n) is 4.87. The first-order valence-corrected chi connectivity index (χ1v) is 4.87. The number of nitrogens with two attached hydrogens (primary N) is 1. The van der Waals surface area contributed by atoms with Crippen LogP contribution >= 0.6 is 0 Å². The molecule has 0 amide bonds. The van der Waals surface area contributed by atoms with Crippen molar-refractivity contribution in [1.82, 2.24) is 0 Å². The second-order valence-electron chi connectivity index (χ2n) is 3.64. The summed E-state index contributed by atoms with van der Waals surface area (Å²) in [4.78, 5) is 1.70. The lowest BCUT2D eigenvalue weighted by Crippen LogP contribution is -2.13. The summed E-state index contributed by atoms with van der Waals surface area (Å²) in [5.41, 5.74) is 6.35. The van der Waals surface area contributed by atoms with Gasteiger partial charge in [-0.2, -0.15) is 0 Å². The molecule has 15 heavy (non-hydrogen) atoms. The maximum Gasteiger partial charge on any atom is 0.128 e. The van der Waals surface area contributed by atoms with E-state index in [-0.39, 0.29) is 18.8 Å². The maximum atomic E-state index is 13.7. The SMILES string of the molecule is CN(C)c1cc(F)ccc1C(F)CCN. The average molecular weight is 214 g/mol. The minimum Gasteiger partial charge on any atom is -0.377 e. The van der Waals surface area contributed by atoms with Crippen LogP contribution in [-0.4, -0.2) is 20.6 Å². The number of nitrogens with zero attached hydrogens (tertiary/aromatic N) is 1. The van der Waals surface area contributed by atoms with Crippen LogP contribution in [0.4, 0.5) is 14.5 Å². The molecule has 0 radical (unpaired) electrons. The summed E-state index contributed by atoms with van der Waals surface area (Å²) in [5.74, 6) is -0.359. The molecule has 84 valence electrons. The van der Waals surface area contributed by atoms with Gasteiger partial charge in [0.2, 0.25) is 0 Å². The zero-order valence-electron chi connectivity index (χ0n) is 9.00. The molecule has 2 nitrogen and oxygen atoms in total. The van der Waals surface area contributed by atoms with Crippen LogP contribution in [0.2, 0.25) is 0 Å². The molecule has 1 atom stereocenters. The second kappa shape index (κ2) is 5.07. The van der Waals surface area contributed by atoms with Crippen LogP contribution in [0.1, 0.15) is 18.2 Å². The van der Waals surface area contributed by atoms with E-state index in [4.69, 9.17) is 5.73 Å². The lowest BCUT2D eigenvalue weighted by Gasteiger charge is -2.19. The Morgan fingerprint density at radius 1 is 1.40 bits per heavy atom. The first kappa shape index (κ1) is 11.9. The molecule has 0 aliphatic rings. The number of benzene rings is 1. The standard InChI is InChI=1S/C11H16F2N2/c1-15(2)11-7-8(12)3-4-9(11)10(13)5-6-14/h3-4,7,10H,5-6,14H2,1-2H3. The predicted octanol–water partition coefficient (Wildman–Crippen LogP) is 2.25. The number of halogens is 2. The van der Waals surface area contributed by atoms with Gasteiger partial charge in [0, 0.05) is 25.3 Å². The number of hydrogen-bond donors (Lipinski definition) is 1. The maximum absolute atomic E-state index is 13.7. The van der Waals surface area contributed by atoms with Crippen LogP contribution in [0.15, 0.2) is 18.2 Å². The molecule has 0 fully saturated rings. The summed E-state index contributed by atoms with van der Waals surface area (Å²) < 4.78 is 26.6. The van der Waals surface area contributed by atoms with Gasteiger partial charge < -0.3 is 10.6 Å². The fraction of sp³-hybridized carbons (Fsp3) is 0.455. The monoisotopic (exact) mass is 214 g/mol. The molecular weight excluding hydrogens is 198 g/mol. The molecule has 0 spiro atoms. The highest BCUT2D eigenvalue weighted by Crippen LogP contribution is 2.30. The minimum absolute atomic E-state index is 0.256. The van der Waals surface area contributed by atoms with E-state index in [1.54, 1.807) is 19.0 Å². The van der Waals surface area contributed by atoms with Crippen molar-refractivity contribution in [2.24, 2.45) is 5.73 Å². The minimum atomic E-state index is -1.13. The van der Waals surface area contributed by atoms with Gasteiger partial charge in [0.05, 0.1) is 0 Å². The zero-order valence-corrected chi connectivity index (χ0v) is 9.00. The third kappa shape index (κ3) is 2.89. The molecule has 0 aromatic heterocycles. The highest BCUT2D eigenvalue weighted by atomic mass is 19.1. The van der Waals surface area contributed by atoms with Gasteiger partial charge in [0.15, 0.2) is 0 Å². The smallest absolute Gasteiger partial charge is 0.128 e. The summed E-state index contributed by atoms with van der Waals surface area (Å²) in [7, 11) is 3.51. The van der Waals surface area contributed by atoms with Crippen molar-refractivity contribution in [2.45, 2.75) is 12.6 Å². The number of anilines is 1. The average Bonchev–Trinajstić information content (AvgIpc) is 2.17. The van der Waals surface area contributed by atoms with Crippen LogP contribution in [0.25, 0.3) is 0 Å². The van der Waals surface area contributed by atoms with Crippen molar-refractivity contribution >= 4 is 5.69 Å². The van der Waals surface area contributed by atoms with Gasteiger partial charge in [-0.1, -0.05) is 6.07 Å². The molecule has 0 aliphatic heterocycles. The molecular formula is C11H16F2N2. The summed E-state index contributed by atoms with van der Waals surface area (Å²) >= 11 is 0. The molecule has 0 bridgehead atoms. The van der Waals surface area contributed by atoms with Gasteiger partial charge in [0.1, 0.15) is 12.0 Å². The molecule has 1 aromatic carbocycles. The van der Waals surface area contributed by atoms with Crippen molar-refractivity contribution in [3.63, 3.8) is 0 Å². The van der Waals surface area contributed by atoms with E-state index in [2.05, 4.69) is 0 Å². The second-order valence-corrected chi connectivity index (χ2v) is 3.64. The van der Waals surface area contributed by atoms with Crippen molar-refractivity contribution in [1.29, 1.82) is 0 Å². The van der Waals surface area contributed by atoms with Crippen molar-refractivity contribution in [3.05, 3.63) is 29.6 Å². The van der Waals surface area contributed by atoms with Crippen LogP contribution in [0, 0.1) is 5.82 Å². The normalized spacial score (nSPS) is 12.6. The highest BCUT2D eigenvalue weighted by Gasteiger charge is 2.15. The van der Waals surface area contributed by atoms with E-state index in [9.17, 15) is 8.78 Å². The lowest BCUT2D eigenvalue weighted by atomic mass is 10.0. The van der Waals surface area contributed by atoms with Gasteiger partial charge in [0.25, 0.3) is 0 Å². The Labute approximate surface area is 88.7 Å². The van der Waals surface area contributed by atoms with E-state index < -0.39 is 6.17 Å². The van der Waals surface area contributed by atoms with Gasteiger partial charge in [-0.3, -0.25) is 0 Å². The fourth-order valence-corrected chi connectivity index (χ4v) is 1.47. The predicted molar refractivity (Wildman–Crippen MR) is 58.2 cm³/mol. The lowest BCUT2D eigenvalue weighted by molar-refractivity contribution is 0.328. The molecule has 0 aliphatic carbocycles.